The minimum absolute atomic E-state index is 0.238. The third-order valence-electron chi connectivity index (χ3n) is 3.00. The Bertz CT molecular complexity index is 417. The minimum Gasteiger partial charge on any atom is -0.295 e. The molecule has 1 unspecified atom stereocenters. The van der Waals surface area contributed by atoms with Crippen LogP contribution in [-0.2, 0) is 4.79 Å². The molecule has 1 fully saturated rings. The summed E-state index contributed by atoms with van der Waals surface area (Å²) < 4.78 is 12.7. The molecular formula is C14H15FO. The van der Waals surface area contributed by atoms with E-state index in [9.17, 15) is 9.18 Å². The van der Waals surface area contributed by atoms with E-state index in [-0.39, 0.29) is 11.6 Å². The van der Waals surface area contributed by atoms with Gasteiger partial charge >= 0.3 is 0 Å². The number of hydrogen-bond donors (Lipinski definition) is 0. The number of benzene rings is 1. The zero-order valence-corrected chi connectivity index (χ0v) is 9.37. The number of halogens is 1. The zero-order valence-electron chi connectivity index (χ0n) is 9.37. The largest absolute Gasteiger partial charge is 0.295 e. The molecule has 16 heavy (non-hydrogen) atoms. The Hall–Kier alpha value is -1.44. The first kappa shape index (κ1) is 11.1. The van der Waals surface area contributed by atoms with Crippen LogP contribution in [0, 0.1) is 11.7 Å². The Balaban J connectivity index is 2.22. The summed E-state index contributed by atoms with van der Waals surface area (Å²) in [6, 6.07) is 6.25. The quantitative estimate of drug-likeness (QED) is 0.658. The first-order valence-corrected chi connectivity index (χ1v) is 5.64. The lowest BCUT2D eigenvalue weighted by Crippen LogP contribution is -2.14. The minimum atomic E-state index is -0.245. The molecule has 1 atom stereocenters. The van der Waals surface area contributed by atoms with E-state index in [4.69, 9.17) is 0 Å². The monoisotopic (exact) mass is 218 g/mol. The van der Waals surface area contributed by atoms with E-state index >= 15 is 0 Å². The molecule has 0 radical (unpaired) electrons. The Morgan fingerprint density at radius 1 is 1.31 bits per heavy atom. The maximum absolute atomic E-state index is 12.7. The number of rotatable bonds is 1. The lowest BCUT2D eigenvalue weighted by Gasteiger charge is -2.19. The molecular weight excluding hydrogens is 203 g/mol. The van der Waals surface area contributed by atoms with Crippen LogP contribution in [0.2, 0.25) is 0 Å². The highest BCUT2D eigenvalue weighted by Gasteiger charge is 2.19. The highest BCUT2D eigenvalue weighted by Crippen LogP contribution is 2.26. The fourth-order valence-corrected chi connectivity index (χ4v) is 2.03. The summed E-state index contributed by atoms with van der Waals surface area (Å²) in [6.45, 7) is 2.16. The predicted molar refractivity (Wildman–Crippen MR) is 62.4 cm³/mol. The number of carbonyl (C=O) groups excluding carboxylic acids is 1. The summed E-state index contributed by atoms with van der Waals surface area (Å²) in [4.78, 5) is 11.7. The molecule has 2 heteroatoms. The SMILES string of the molecule is CC1CCC(=O)C(=Cc2ccc(F)cc2)C1. The van der Waals surface area contributed by atoms with Crippen LogP contribution in [0.25, 0.3) is 6.08 Å². The number of Topliss-reactive ketones (excluding diaryl/α,β-unsaturated/α-hetero) is 1. The van der Waals surface area contributed by atoms with Crippen molar-refractivity contribution in [3.8, 4) is 0 Å². The molecule has 0 saturated heterocycles. The molecule has 1 aliphatic rings. The molecule has 1 aromatic rings. The zero-order chi connectivity index (χ0) is 11.5. The molecule has 0 bridgehead atoms. The summed E-state index contributed by atoms with van der Waals surface area (Å²) in [7, 11) is 0. The van der Waals surface area contributed by atoms with Gasteiger partial charge in [0.1, 0.15) is 5.82 Å². The standard InChI is InChI=1S/C14H15FO/c1-10-2-7-14(16)12(8-10)9-11-3-5-13(15)6-4-11/h3-6,9-10H,2,7-8H2,1H3. The normalized spacial score (nSPS) is 23.8. The third kappa shape index (κ3) is 2.57. The second kappa shape index (κ2) is 4.60. The molecule has 0 spiro atoms. The van der Waals surface area contributed by atoms with Crippen molar-refractivity contribution in [1.82, 2.24) is 0 Å². The van der Waals surface area contributed by atoms with Crippen molar-refractivity contribution >= 4 is 11.9 Å². The summed E-state index contributed by atoms with van der Waals surface area (Å²) in [5, 5.41) is 0. The van der Waals surface area contributed by atoms with Gasteiger partial charge in [0.05, 0.1) is 0 Å². The van der Waals surface area contributed by atoms with Gasteiger partial charge < -0.3 is 0 Å². The molecule has 1 aromatic carbocycles. The first-order chi connectivity index (χ1) is 7.65. The van der Waals surface area contributed by atoms with Crippen LogP contribution in [0.4, 0.5) is 4.39 Å². The molecule has 1 aliphatic carbocycles. The third-order valence-corrected chi connectivity index (χ3v) is 3.00. The molecule has 1 saturated carbocycles. The Morgan fingerprint density at radius 3 is 2.69 bits per heavy atom. The molecule has 0 amide bonds. The average Bonchev–Trinajstić information content (AvgIpc) is 2.27. The van der Waals surface area contributed by atoms with E-state index in [1.807, 2.05) is 6.08 Å². The van der Waals surface area contributed by atoms with Gasteiger partial charge in [-0.25, -0.2) is 4.39 Å². The number of hydrogen-bond acceptors (Lipinski definition) is 1. The van der Waals surface area contributed by atoms with Gasteiger partial charge in [-0.15, -0.1) is 0 Å². The molecule has 0 N–H and O–H groups in total. The van der Waals surface area contributed by atoms with Crippen LogP contribution in [0.3, 0.4) is 0 Å². The number of allylic oxidation sites excluding steroid dienone is 1. The summed E-state index contributed by atoms with van der Waals surface area (Å²) in [5.41, 5.74) is 1.78. The van der Waals surface area contributed by atoms with Gasteiger partial charge in [-0.05, 0) is 48.1 Å². The fourth-order valence-electron chi connectivity index (χ4n) is 2.03. The van der Waals surface area contributed by atoms with E-state index < -0.39 is 0 Å². The van der Waals surface area contributed by atoms with Crippen molar-refractivity contribution < 1.29 is 9.18 Å². The lowest BCUT2D eigenvalue weighted by molar-refractivity contribution is -0.116. The van der Waals surface area contributed by atoms with Crippen LogP contribution in [0.15, 0.2) is 29.8 Å². The lowest BCUT2D eigenvalue weighted by atomic mass is 9.85. The molecule has 0 heterocycles. The number of carbonyl (C=O) groups is 1. The highest BCUT2D eigenvalue weighted by molar-refractivity contribution is 6.00. The van der Waals surface area contributed by atoms with Crippen molar-refractivity contribution in [2.75, 3.05) is 0 Å². The Labute approximate surface area is 95.0 Å². The van der Waals surface area contributed by atoms with Crippen molar-refractivity contribution in [3.05, 3.63) is 41.2 Å². The molecule has 84 valence electrons. The van der Waals surface area contributed by atoms with Gasteiger partial charge in [-0.1, -0.05) is 19.1 Å². The van der Waals surface area contributed by atoms with Crippen LogP contribution < -0.4 is 0 Å². The van der Waals surface area contributed by atoms with E-state index in [1.54, 1.807) is 12.1 Å². The van der Waals surface area contributed by atoms with Crippen LogP contribution >= 0.6 is 0 Å². The Kier molecular flexibility index (Phi) is 3.18. The number of ketones is 1. The van der Waals surface area contributed by atoms with Crippen molar-refractivity contribution in [1.29, 1.82) is 0 Å². The van der Waals surface area contributed by atoms with Gasteiger partial charge in [0.15, 0.2) is 5.78 Å². The second-order valence-corrected chi connectivity index (χ2v) is 4.49. The average molecular weight is 218 g/mol. The molecule has 2 rings (SSSR count). The topological polar surface area (TPSA) is 17.1 Å². The van der Waals surface area contributed by atoms with Crippen LogP contribution in [-0.4, -0.2) is 5.78 Å². The fraction of sp³-hybridized carbons (Fsp3) is 0.357. The molecule has 1 nitrogen and oxygen atoms in total. The summed E-state index contributed by atoms with van der Waals surface area (Å²) >= 11 is 0. The van der Waals surface area contributed by atoms with Crippen LogP contribution in [0.1, 0.15) is 31.7 Å². The van der Waals surface area contributed by atoms with Gasteiger partial charge in [0.2, 0.25) is 0 Å². The second-order valence-electron chi connectivity index (χ2n) is 4.49. The van der Waals surface area contributed by atoms with Gasteiger partial charge in [0, 0.05) is 6.42 Å². The van der Waals surface area contributed by atoms with E-state index in [2.05, 4.69) is 6.92 Å². The maximum atomic E-state index is 12.7. The van der Waals surface area contributed by atoms with Gasteiger partial charge in [-0.2, -0.15) is 0 Å². The van der Waals surface area contributed by atoms with Crippen molar-refractivity contribution in [2.45, 2.75) is 26.2 Å². The van der Waals surface area contributed by atoms with E-state index in [1.165, 1.54) is 12.1 Å². The maximum Gasteiger partial charge on any atom is 0.158 e. The molecule has 0 aliphatic heterocycles. The van der Waals surface area contributed by atoms with Gasteiger partial charge in [-0.3, -0.25) is 4.79 Å². The highest BCUT2D eigenvalue weighted by atomic mass is 19.1. The Morgan fingerprint density at radius 2 is 2.00 bits per heavy atom. The predicted octanol–water partition coefficient (Wildman–Crippen LogP) is 3.60. The smallest absolute Gasteiger partial charge is 0.158 e. The van der Waals surface area contributed by atoms with Gasteiger partial charge in [0.25, 0.3) is 0 Å². The first-order valence-electron chi connectivity index (χ1n) is 5.64. The van der Waals surface area contributed by atoms with Crippen LogP contribution in [0.5, 0.6) is 0 Å². The van der Waals surface area contributed by atoms with Crippen molar-refractivity contribution in [3.63, 3.8) is 0 Å². The molecule has 0 aromatic heterocycles. The van der Waals surface area contributed by atoms with E-state index in [0.717, 1.165) is 24.0 Å². The summed E-state index contributed by atoms with van der Waals surface area (Å²) in [5.74, 6) is 0.567. The van der Waals surface area contributed by atoms with E-state index in [0.29, 0.717) is 12.3 Å². The van der Waals surface area contributed by atoms with Crippen molar-refractivity contribution in [2.24, 2.45) is 5.92 Å². The summed E-state index contributed by atoms with van der Waals surface area (Å²) in [6.07, 6.45) is 4.36.